The molecule has 102 valence electrons. The molecule has 0 amide bonds. The van der Waals surface area contributed by atoms with Crippen LogP contribution < -0.4 is 5.32 Å². The molecule has 0 saturated carbocycles. The molecule has 4 nitrogen and oxygen atoms in total. The van der Waals surface area contributed by atoms with Gasteiger partial charge in [-0.1, -0.05) is 13.3 Å². The Balaban J connectivity index is 1.99. The van der Waals surface area contributed by atoms with Crippen LogP contribution in [0.4, 0.5) is 0 Å². The average molecular weight is 251 g/mol. The minimum atomic E-state index is -0.603. The fourth-order valence-corrected chi connectivity index (χ4v) is 2.89. The maximum atomic E-state index is 10.2. The zero-order valence-electron chi connectivity index (χ0n) is 11.7. The second-order valence-electron chi connectivity index (χ2n) is 5.74. The Hall–Kier alpha value is -0.870. The van der Waals surface area contributed by atoms with Crippen LogP contribution in [0.1, 0.15) is 56.8 Å². The molecular formula is C14H25N3O. The molecule has 0 aliphatic heterocycles. The van der Waals surface area contributed by atoms with Crippen molar-refractivity contribution in [2.45, 2.75) is 57.6 Å². The molecule has 1 heterocycles. The highest BCUT2D eigenvalue weighted by Crippen LogP contribution is 2.29. The van der Waals surface area contributed by atoms with E-state index in [-0.39, 0.29) is 0 Å². The summed E-state index contributed by atoms with van der Waals surface area (Å²) in [7, 11) is 2.01. The molecule has 1 aromatic rings. The van der Waals surface area contributed by atoms with Crippen LogP contribution in [0.15, 0.2) is 6.20 Å². The number of fused-ring (bicyclic) bond motifs is 1. The zero-order valence-corrected chi connectivity index (χ0v) is 11.7. The largest absolute Gasteiger partial charge is 0.389 e. The Morgan fingerprint density at radius 2 is 2.39 bits per heavy atom. The number of aromatic nitrogens is 2. The predicted molar refractivity (Wildman–Crippen MR) is 72.4 cm³/mol. The van der Waals surface area contributed by atoms with Crippen molar-refractivity contribution in [1.82, 2.24) is 15.1 Å². The number of hydrogen-bond acceptors (Lipinski definition) is 3. The third-order valence-electron chi connectivity index (χ3n) is 3.89. The lowest BCUT2D eigenvalue weighted by atomic mass is 9.92. The van der Waals surface area contributed by atoms with Crippen LogP contribution in [0.5, 0.6) is 0 Å². The van der Waals surface area contributed by atoms with E-state index in [1.54, 1.807) is 0 Å². The number of hydrogen-bond donors (Lipinski definition) is 2. The van der Waals surface area contributed by atoms with Crippen molar-refractivity contribution in [2.75, 3.05) is 6.54 Å². The molecule has 2 unspecified atom stereocenters. The smallest absolute Gasteiger partial charge is 0.0743 e. The molecule has 0 bridgehead atoms. The van der Waals surface area contributed by atoms with E-state index in [9.17, 15) is 5.11 Å². The normalized spacial score (nSPS) is 22.6. The van der Waals surface area contributed by atoms with Gasteiger partial charge in [0, 0.05) is 30.9 Å². The molecule has 1 aliphatic rings. The minimum Gasteiger partial charge on any atom is -0.389 e. The van der Waals surface area contributed by atoms with Crippen LogP contribution in [0.3, 0.4) is 0 Å². The first-order valence-corrected chi connectivity index (χ1v) is 7.00. The standard InChI is InChI=1S/C14H25N3O/c1-4-8-14(2,18)10-15-12-6-5-7-13-11(12)9-16-17(13)3/h9,12,15,18H,4-8,10H2,1-3H3. The van der Waals surface area contributed by atoms with Gasteiger partial charge in [-0.15, -0.1) is 0 Å². The van der Waals surface area contributed by atoms with Gasteiger partial charge >= 0.3 is 0 Å². The minimum absolute atomic E-state index is 0.353. The van der Waals surface area contributed by atoms with Crippen LogP contribution in [-0.4, -0.2) is 27.0 Å². The Morgan fingerprint density at radius 3 is 3.11 bits per heavy atom. The molecular weight excluding hydrogens is 226 g/mol. The number of aryl methyl sites for hydroxylation is 1. The molecule has 18 heavy (non-hydrogen) atoms. The molecule has 1 aromatic heterocycles. The van der Waals surface area contributed by atoms with E-state index in [0.29, 0.717) is 12.6 Å². The van der Waals surface area contributed by atoms with Crippen LogP contribution in [-0.2, 0) is 13.5 Å². The van der Waals surface area contributed by atoms with E-state index in [0.717, 1.165) is 25.7 Å². The summed E-state index contributed by atoms with van der Waals surface area (Å²) in [4.78, 5) is 0. The number of aliphatic hydroxyl groups is 1. The predicted octanol–water partition coefficient (Wildman–Crippen LogP) is 1.94. The summed E-state index contributed by atoms with van der Waals surface area (Å²) in [6.45, 7) is 4.67. The van der Waals surface area contributed by atoms with Crippen molar-refractivity contribution in [1.29, 1.82) is 0 Å². The first-order valence-electron chi connectivity index (χ1n) is 7.00. The molecule has 4 heteroatoms. The fourth-order valence-electron chi connectivity index (χ4n) is 2.89. The average Bonchev–Trinajstić information content (AvgIpc) is 2.69. The van der Waals surface area contributed by atoms with Crippen LogP contribution in [0, 0.1) is 0 Å². The summed E-state index contributed by atoms with van der Waals surface area (Å²) in [5.74, 6) is 0. The van der Waals surface area contributed by atoms with E-state index in [1.165, 1.54) is 17.7 Å². The van der Waals surface area contributed by atoms with Crippen molar-refractivity contribution in [3.8, 4) is 0 Å². The molecule has 0 radical (unpaired) electrons. The SMILES string of the molecule is CCCC(C)(O)CNC1CCCc2c1cnn2C. The third kappa shape index (κ3) is 2.93. The van der Waals surface area contributed by atoms with Gasteiger partial charge in [0.1, 0.15) is 0 Å². The van der Waals surface area contributed by atoms with Gasteiger partial charge in [0.25, 0.3) is 0 Å². The molecule has 1 aliphatic carbocycles. The van der Waals surface area contributed by atoms with E-state index >= 15 is 0 Å². The van der Waals surface area contributed by atoms with Crippen LogP contribution in [0.25, 0.3) is 0 Å². The van der Waals surface area contributed by atoms with Gasteiger partial charge in [0.05, 0.1) is 11.8 Å². The highest BCUT2D eigenvalue weighted by atomic mass is 16.3. The second-order valence-corrected chi connectivity index (χ2v) is 5.74. The second kappa shape index (κ2) is 5.41. The van der Waals surface area contributed by atoms with Crippen LogP contribution in [0.2, 0.25) is 0 Å². The zero-order chi connectivity index (χ0) is 13.2. The van der Waals surface area contributed by atoms with Gasteiger partial charge < -0.3 is 10.4 Å². The van der Waals surface area contributed by atoms with Gasteiger partial charge in [-0.3, -0.25) is 4.68 Å². The summed E-state index contributed by atoms with van der Waals surface area (Å²) in [5.41, 5.74) is 2.05. The molecule has 0 fully saturated rings. The van der Waals surface area contributed by atoms with Crippen molar-refractivity contribution in [2.24, 2.45) is 7.05 Å². The summed E-state index contributed by atoms with van der Waals surface area (Å²) >= 11 is 0. The summed E-state index contributed by atoms with van der Waals surface area (Å²) < 4.78 is 1.98. The van der Waals surface area contributed by atoms with E-state index in [4.69, 9.17) is 0 Å². The molecule has 2 rings (SSSR count). The first kappa shape index (κ1) is 13.6. The van der Waals surface area contributed by atoms with Crippen LogP contribution >= 0.6 is 0 Å². The summed E-state index contributed by atoms with van der Waals surface area (Å²) in [5, 5.41) is 18.1. The van der Waals surface area contributed by atoms with E-state index < -0.39 is 5.60 Å². The van der Waals surface area contributed by atoms with E-state index in [2.05, 4.69) is 17.3 Å². The number of nitrogens with one attached hydrogen (secondary N) is 1. The number of rotatable bonds is 5. The third-order valence-corrected chi connectivity index (χ3v) is 3.89. The van der Waals surface area contributed by atoms with Crippen molar-refractivity contribution in [3.05, 3.63) is 17.5 Å². The highest BCUT2D eigenvalue weighted by Gasteiger charge is 2.26. The number of nitrogens with zero attached hydrogens (tertiary/aromatic N) is 2. The lowest BCUT2D eigenvalue weighted by molar-refractivity contribution is 0.0465. The Bertz CT molecular complexity index is 398. The van der Waals surface area contributed by atoms with E-state index in [1.807, 2.05) is 24.9 Å². The van der Waals surface area contributed by atoms with Gasteiger partial charge in [-0.25, -0.2) is 0 Å². The lowest BCUT2D eigenvalue weighted by Crippen LogP contribution is -2.40. The van der Waals surface area contributed by atoms with Gasteiger partial charge in [-0.05, 0) is 32.6 Å². The Labute approximate surface area is 109 Å². The quantitative estimate of drug-likeness (QED) is 0.841. The maximum absolute atomic E-state index is 10.2. The van der Waals surface area contributed by atoms with Gasteiger partial charge in [0.15, 0.2) is 0 Å². The van der Waals surface area contributed by atoms with Crippen molar-refractivity contribution < 1.29 is 5.11 Å². The monoisotopic (exact) mass is 251 g/mol. The molecule has 0 aromatic carbocycles. The topological polar surface area (TPSA) is 50.1 Å². The van der Waals surface area contributed by atoms with Gasteiger partial charge in [0.2, 0.25) is 0 Å². The first-order chi connectivity index (χ1) is 8.53. The summed E-state index contributed by atoms with van der Waals surface area (Å²) in [6, 6.07) is 0.353. The van der Waals surface area contributed by atoms with Crippen molar-refractivity contribution in [3.63, 3.8) is 0 Å². The lowest BCUT2D eigenvalue weighted by Gasteiger charge is -2.29. The van der Waals surface area contributed by atoms with Crippen molar-refractivity contribution >= 4 is 0 Å². The molecule has 0 spiro atoms. The van der Waals surface area contributed by atoms with Gasteiger partial charge in [-0.2, -0.15) is 5.10 Å². The molecule has 2 N–H and O–H groups in total. The molecule has 2 atom stereocenters. The highest BCUT2D eigenvalue weighted by molar-refractivity contribution is 5.24. The Kier molecular flexibility index (Phi) is 4.07. The molecule has 0 saturated heterocycles. The summed E-state index contributed by atoms with van der Waals surface area (Å²) in [6.07, 6.45) is 7.28. The fraction of sp³-hybridized carbons (Fsp3) is 0.786. The Morgan fingerprint density at radius 1 is 1.61 bits per heavy atom. The maximum Gasteiger partial charge on any atom is 0.0743 e.